The van der Waals surface area contributed by atoms with Crippen LogP contribution in [0.2, 0.25) is 0 Å². The Labute approximate surface area is 158 Å². The minimum Gasteiger partial charge on any atom is -0.382 e. The quantitative estimate of drug-likeness (QED) is 0.596. The number of anilines is 1. The van der Waals surface area contributed by atoms with E-state index in [1.807, 2.05) is 42.5 Å². The fourth-order valence-corrected chi connectivity index (χ4v) is 2.94. The van der Waals surface area contributed by atoms with E-state index in [0.717, 1.165) is 16.8 Å². The van der Waals surface area contributed by atoms with Crippen LogP contribution >= 0.6 is 0 Å². The largest absolute Gasteiger partial charge is 0.382 e. The molecule has 1 unspecified atom stereocenters. The zero-order valence-electron chi connectivity index (χ0n) is 14.9. The highest BCUT2D eigenvalue weighted by Crippen LogP contribution is 2.28. The van der Waals surface area contributed by atoms with Crippen molar-refractivity contribution < 1.29 is 9.18 Å². The van der Waals surface area contributed by atoms with E-state index in [4.69, 9.17) is 0 Å². The number of carbonyl (C=O) groups is 1. The predicted octanol–water partition coefficient (Wildman–Crippen LogP) is 3.97. The highest BCUT2D eigenvalue weighted by atomic mass is 19.1. The SMILES string of the molecule is O=C(CC(c1ccccc1)c1ccc(F)cc1)NCCNc1cccnc1. The van der Waals surface area contributed by atoms with Crippen LogP contribution in [0.15, 0.2) is 79.1 Å². The van der Waals surface area contributed by atoms with Crippen molar-refractivity contribution in [2.75, 3.05) is 18.4 Å². The molecule has 2 aromatic carbocycles. The highest BCUT2D eigenvalue weighted by molar-refractivity contribution is 5.77. The van der Waals surface area contributed by atoms with Gasteiger partial charge in [-0.05, 0) is 35.4 Å². The van der Waals surface area contributed by atoms with Gasteiger partial charge in [0.2, 0.25) is 5.91 Å². The standard InChI is InChI=1S/C22H22FN3O/c23-19-10-8-18(9-11-19)21(17-5-2-1-3-6-17)15-22(27)26-14-13-25-20-7-4-12-24-16-20/h1-12,16,21,25H,13-15H2,(H,26,27). The smallest absolute Gasteiger partial charge is 0.221 e. The molecule has 3 rings (SSSR count). The van der Waals surface area contributed by atoms with Crippen LogP contribution in [0.3, 0.4) is 0 Å². The van der Waals surface area contributed by atoms with E-state index in [1.54, 1.807) is 24.5 Å². The van der Waals surface area contributed by atoms with Crippen molar-refractivity contribution in [3.8, 4) is 0 Å². The van der Waals surface area contributed by atoms with Gasteiger partial charge in [-0.15, -0.1) is 0 Å². The average Bonchev–Trinajstić information content (AvgIpc) is 2.72. The van der Waals surface area contributed by atoms with Crippen molar-refractivity contribution in [2.45, 2.75) is 12.3 Å². The van der Waals surface area contributed by atoms with Crippen LogP contribution in [-0.4, -0.2) is 24.0 Å². The second-order valence-electron chi connectivity index (χ2n) is 6.24. The van der Waals surface area contributed by atoms with Crippen molar-refractivity contribution in [3.05, 3.63) is 96.1 Å². The molecule has 1 heterocycles. The molecule has 0 bridgehead atoms. The van der Waals surface area contributed by atoms with Crippen molar-refractivity contribution in [1.82, 2.24) is 10.3 Å². The predicted molar refractivity (Wildman–Crippen MR) is 105 cm³/mol. The third-order valence-corrected chi connectivity index (χ3v) is 4.30. The maximum Gasteiger partial charge on any atom is 0.221 e. The molecule has 0 aliphatic heterocycles. The molecule has 5 heteroatoms. The number of pyridine rings is 1. The Morgan fingerprint density at radius 2 is 1.67 bits per heavy atom. The lowest BCUT2D eigenvalue weighted by molar-refractivity contribution is -0.121. The maximum atomic E-state index is 13.3. The lowest BCUT2D eigenvalue weighted by Crippen LogP contribution is -2.30. The summed E-state index contributed by atoms with van der Waals surface area (Å²) in [4.78, 5) is 16.5. The van der Waals surface area contributed by atoms with Crippen molar-refractivity contribution in [2.24, 2.45) is 0 Å². The van der Waals surface area contributed by atoms with Gasteiger partial charge in [0, 0.05) is 37.8 Å². The first kappa shape index (κ1) is 18.6. The average molecular weight is 363 g/mol. The third-order valence-electron chi connectivity index (χ3n) is 4.30. The summed E-state index contributed by atoms with van der Waals surface area (Å²) in [7, 11) is 0. The normalized spacial score (nSPS) is 11.6. The summed E-state index contributed by atoms with van der Waals surface area (Å²) < 4.78 is 13.3. The van der Waals surface area contributed by atoms with Crippen LogP contribution < -0.4 is 10.6 Å². The van der Waals surface area contributed by atoms with Crippen LogP contribution in [-0.2, 0) is 4.79 Å². The highest BCUT2D eigenvalue weighted by Gasteiger charge is 2.18. The van der Waals surface area contributed by atoms with Crippen LogP contribution in [0.4, 0.5) is 10.1 Å². The molecular weight excluding hydrogens is 341 g/mol. The molecule has 0 spiro atoms. The Morgan fingerprint density at radius 3 is 2.37 bits per heavy atom. The Balaban J connectivity index is 1.58. The molecule has 0 saturated carbocycles. The van der Waals surface area contributed by atoms with Gasteiger partial charge in [0.05, 0.1) is 5.69 Å². The molecule has 4 nitrogen and oxygen atoms in total. The molecular formula is C22H22FN3O. The van der Waals surface area contributed by atoms with E-state index in [-0.39, 0.29) is 17.6 Å². The van der Waals surface area contributed by atoms with Crippen LogP contribution in [0.25, 0.3) is 0 Å². The third kappa shape index (κ3) is 5.64. The zero-order valence-corrected chi connectivity index (χ0v) is 14.9. The van der Waals surface area contributed by atoms with Gasteiger partial charge in [0.25, 0.3) is 0 Å². The fourth-order valence-electron chi connectivity index (χ4n) is 2.94. The number of carbonyl (C=O) groups excluding carboxylic acids is 1. The first-order chi connectivity index (χ1) is 13.2. The molecule has 1 aromatic heterocycles. The van der Waals surface area contributed by atoms with Gasteiger partial charge in [0.15, 0.2) is 0 Å². The lowest BCUT2D eigenvalue weighted by Gasteiger charge is -2.18. The number of benzene rings is 2. The Kier molecular flexibility index (Phi) is 6.52. The van der Waals surface area contributed by atoms with Crippen molar-refractivity contribution in [1.29, 1.82) is 0 Å². The molecule has 0 fully saturated rings. The fraction of sp³-hybridized carbons (Fsp3) is 0.182. The molecule has 1 atom stereocenters. The molecule has 2 N–H and O–H groups in total. The molecule has 0 aliphatic rings. The number of rotatable bonds is 8. The molecule has 0 saturated heterocycles. The molecule has 3 aromatic rings. The molecule has 0 aliphatic carbocycles. The summed E-state index contributed by atoms with van der Waals surface area (Å²) in [6.07, 6.45) is 3.76. The van der Waals surface area contributed by atoms with Gasteiger partial charge in [-0.1, -0.05) is 42.5 Å². The van der Waals surface area contributed by atoms with Gasteiger partial charge < -0.3 is 10.6 Å². The van der Waals surface area contributed by atoms with E-state index in [2.05, 4.69) is 15.6 Å². The van der Waals surface area contributed by atoms with Gasteiger partial charge in [0.1, 0.15) is 5.82 Å². The number of hydrogen-bond acceptors (Lipinski definition) is 3. The van der Waals surface area contributed by atoms with E-state index in [9.17, 15) is 9.18 Å². The topological polar surface area (TPSA) is 54.0 Å². The number of halogens is 1. The summed E-state index contributed by atoms with van der Waals surface area (Å²) in [5.74, 6) is -0.435. The number of hydrogen-bond donors (Lipinski definition) is 2. The molecule has 138 valence electrons. The van der Waals surface area contributed by atoms with E-state index >= 15 is 0 Å². The first-order valence-corrected chi connectivity index (χ1v) is 8.93. The Bertz CT molecular complexity index is 838. The Hall–Kier alpha value is -3.21. The van der Waals surface area contributed by atoms with Gasteiger partial charge in [-0.25, -0.2) is 4.39 Å². The van der Waals surface area contributed by atoms with Crippen LogP contribution in [0, 0.1) is 5.82 Å². The summed E-state index contributed by atoms with van der Waals surface area (Å²) in [6, 6.07) is 19.9. The minimum atomic E-state index is -0.281. The van der Waals surface area contributed by atoms with Gasteiger partial charge >= 0.3 is 0 Å². The maximum absolute atomic E-state index is 13.3. The van der Waals surface area contributed by atoms with Crippen molar-refractivity contribution >= 4 is 11.6 Å². The summed E-state index contributed by atoms with van der Waals surface area (Å²) in [6.45, 7) is 1.13. The van der Waals surface area contributed by atoms with Gasteiger partial charge in [-0.3, -0.25) is 9.78 Å². The van der Waals surface area contributed by atoms with E-state index < -0.39 is 0 Å². The van der Waals surface area contributed by atoms with E-state index in [0.29, 0.717) is 19.5 Å². The summed E-state index contributed by atoms with van der Waals surface area (Å²) in [5.41, 5.74) is 2.87. The second-order valence-corrected chi connectivity index (χ2v) is 6.24. The number of nitrogens with one attached hydrogen (secondary N) is 2. The molecule has 1 amide bonds. The zero-order chi connectivity index (χ0) is 18.9. The number of nitrogens with zero attached hydrogens (tertiary/aromatic N) is 1. The summed E-state index contributed by atoms with van der Waals surface area (Å²) >= 11 is 0. The lowest BCUT2D eigenvalue weighted by atomic mass is 9.88. The van der Waals surface area contributed by atoms with Crippen LogP contribution in [0.5, 0.6) is 0 Å². The van der Waals surface area contributed by atoms with Gasteiger partial charge in [-0.2, -0.15) is 0 Å². The minimum absolute atomic E-state index is 0.0406. The van der Waals surface area contributed by atoms with E-state index in [1.165, 1.54) is 12.1 Å². The first-order valence-electron chi connectivity index (χ1n) is 8.93. The molecule has 27 heavy (non-hydrogen) atoms. The number of aromatic nitrogens is 1. The summed E-state index contributed by atoms with van der Waals surface area (Å²) in [5, 5.41) is 6.14. The Morgan fingerprint density at radius 1 is 0.926 bits per heavy atom. The van der Waals surface area contributed by atoms with Crippen molar-refractivity contribution in [3.63, 3.8) is 0 Å². The molecule has 0 radical (unpaired) electrons. The second kappa shape index (κ2) is 9.48. The monoisotopic (exact) mass is 363 g/mol. The number of amides is 1. The van der Waals surface area contributed by atoms with Crippen LogP contribution in [0.1, 0.15) is 23.5 Å².